The summed E-state index contributed by atoms with van der Waals surface area (Å²) in [6.45, 7) is 3.62. The lowest BCUT2D eigenvalue weighted by molar-refractivity contribution is -0.143. The molecule has 0 N–H and O–H groups in total. The molecular weight excluding hydrogens is 267 g/mol. The summed E-state index contributed by atoms with van der Waals surface area (Å²) in [5.74, 6) is 0. The van der Waals surface area contributed by atoms with Gasteiger partial charge in [-0.25, -0.2) is 4.68 Å². The molecule has 1 aromatic carbocycles. The van der Waals surface area contributed by atoms with Gasteiger partial charge in [-0.1, -0.05) is 6.07 Å². The second-order valence-corrected chi connectivity index (χ2v) is 4.61. The number of hydrogen-bond donors (Lipinski definition) is 0. The molecule has 0 bridgehead atoms. The Labute approximate surface area is 114 Å². The van der Waals surface area contributed by atoms with Gasteiger partial charge in [0.05, 0.1) is 24.4 Å². The average Bonchev–Trinajstić information content (AvgIpc) is 2.71. The molecule has 1 heterocycles. The minimum absolute atomic E-state index is 0.112. The predicted octanol–water partition coefficient (Wildman–Crippen LogP) is 3.57. The van der Waals surface area contributed by atoms with Crippen LogP contribution < -0.4 is 0 Å². The Morgan fingerprint density at radius 1 is 1.20 bits per heavy atom. The van der Waals surface area contributed by atoms with Crippen LogP contribution >= 0.6 is 0 Å². The van der Waals surface area contributed by atoms with E-state index in [1.54, 1.807) is 18.2 Å². The van der Waals surface area contributed by atoms with E-state index in [1.165, 1.54) is 0 Å². The maximum atomic E-state index is 13.2. The van der Waals surface area contributed by atoms with Crippen LogP contribution in [-0.2, 0) is 12.6 Å². The second kappa shape index (κ2) is 5.00. The van der Waals surface area contributed by atoms with Crippen LogP contribution in [0, 0.1) is 25.2 Å². The van der Waals surface area contributed by atoms with E-state index in [0.717, 1.165) is 22.0 Å². The van der Waals surface area contributed by atoms with Crippen molar-refractivity contribution in [2.24, 2.45) is 0 Å². The number of halogens is 3. The van der Waals surface area contributed by atoms with E-state index in [4.69, 9.17) is 5.26 Å². The van der Waals surface area contributed by atoms with Crippen molar-refractivity contribution in [3.63, 3.8) is 0 Å². The third kappa shape index (κ3) is 2.67. The topological polar surface area (TPSA) is 41.6 Å². The normalized spacial score (nSPS) is 11.4. The summed E-state index contributed by atoms with van der Waals surface area (Å²) in [6.07, 6.45) is -3.77. The molecule has 1 aromatic heterocycles. The average molecular weight is 279 g/mol. The van der Waals surface area contributed by atoms with Crippen LogP contribution in [0.3, 0.4) is 0 Å². The van der Waals surface area contributed by atoms with Gasteiger partial charge in [0.15, 0.2) is 5.69 Å². The van der Waals surface area contributed by atoms with Crippen molar-refractivity contribution in [3.05, 3.63) is 46.8 Å². The van der Waals surface area contributed by atoms with Gasteiger partial charge < -0.3 is 0 Å². The fourth-order valence-corrected chi connectivity index (χ4v) is 2.17. The highest BCUT2D eigenvalue weighted by molar-refractivity contribution is 5.42. The molecule has 0 amide bonds. The van der Waals surface area contributed by atoms with Crippen molar-refractivity contribution in [2.75, 3.05) is 0 Å². The Morgan fingerprint density at radius 2 is 1.80 bits per heavy atom. The smallest absolute Gasteiger partial charge is 0.228 e. The van der Waals surface area contributed by atoms with Gasteiger partial charge in [-0.2, -0.15) is 23.5 Å². The van der Waals surface area contributed by atoms with Crippen LogP contribution in [0.25, 0.3) is 5.69 Å². The molecule has 0 radical (unpaired) electrons. The van der Waals surface area contributed by atoms with E-state index in [0.29, 0.717) is 5.69 Å². The Kier molecular flexibility index (Phi) is 3.53. The Balaban J connectivity index is 2.66. The first-order chi connectivity index (χ1) is 9.32. The number of hydrogen-bond acceptors (Lipinski definition) is 2. The number of aryl methyl sites for hydroxylation is 2. The molecule has 0 aliphatic rings. The highest BCUT2D eigenvalue weighted by atomic mass is 19.4. The summed E-state index contributed by atoms with van der Waals surface area (Å²) in [4.78, 5) is 0. The minimum Gasteiger partial charge on any atom is -0.228 e. The maximum Gasteiger partial charge on any atom is 0.433 e. The second-order valence-electron chi connectivity index (χ2n) is 4.61. The molecule has 0 saturated carbocycles. The summed E-state index contributed by atoms with van der Waals surface area (Å²) >= 11 is 0. The van der Waals surface area contributed by atoms with E-state index in [2.05, 4.69) is 5.10 Å². The fraction of sp³-hybridized carbons (Fsp3) is 0.286. The lowest BCUT2D eigenvalue weighted by atomic mass is 10.1. The van der Waals surface area contributed by atoms with Crippen LogP contribution in [0.15, 0.2) is 24.4 Å². The maximum absolute atomic E-state index is 13.2. The van der Waals surface area contributed by atoms with Crippen LogP contribution in [0.1, 0.15) is 22.4 Å². The van der Waals surface area contributed by atoms with Gasteiger partial charge in [0.1, 0.15) is 0 Å². The van der Waals surface area contributed by atoms with E-state index >= 15 is 0 Å². The molecule has 20 heavy (non-hydrogen) atoms. The summed E-state index contributed by atoms with van der Waals surface area (Å²) in [5.41, 5.74) is 1.05. The molecule has 6 heteroatoms. The molecule has 0 spiro atoms. The van der Waals surface area contributed by atoms with E-state index in [-0.39, 0.29) is 12.0 Å². The summed E-state index contributed by atoms with van der Waals surface area (Å²) in [6, 6.07) is 6.86. The quantitative estimate of drug-likeness (QED) is 0.843. The molecular formula is C14H12F3N3. The standard InChI is InChI=1S/C14H12F3N3/c1-9-5-10(2)7-12(6-9)20-13(14(15,16)17)11(3-4-18)8-19-20/h5-8H,3H2,1-2H3. The van der Waals surface area contributed by atoms with Gasteiger partial charge in [0.25, 0.3) is 0 Å². The number of alkyl halides is 3. The van der Waals surface area contributed by atoms with Crippen molar-refractivity contribution in [1.29, 1.82) is 5.26 Å². The van der Waals surface area contributed by atoms with E-state index < -0.39 is 11.9 Å². The number of aromatic nitrogens is 2. The predicted molar refractivity (Wildman–Crippen MR) is 67.4 cm³/mol. The molecule has 3 nitrogen and oxygen atoms in total. The van der Waals surface area contributed by atoms with Gasteiger partial charge in [0.2, 0.25) is 0 Å². The van der Waals surface area contributed by atoms with Gasteiger partial charge in [-0.3, -0.25) is 0 Å². The molecule has 0 unspecified atom stereocenters. The van der Waals surface area contributed by atoms with Crippen molar-refractivity contribution in [1.82, 2.24) is 9.78 Å². The molecule has 104 valence electrons. The monoisotopic (exact) mass is 279 g/mol. The van der Waals surface area contributed by atoms with Gasteiger partial charge in [-0.05, 0) is 37.1 Å². The zero-order valence-electron chi connectivity index (χ0n) is 11.0. The van der Waals surface area contributed by atoms with E-state index in [9.17, 15) is 13.2 Å². The van der Waals surface area contributed by atoms with Crippen LogP contribution in [0.4, 0.5) is 13.2 Å². The first-order valence-corrected chi connectivity index (χ1v) is 5.92. The highest BCUT2D eigenvalue weighted by Crippen LogP contribution is 2.34. The number of benzene rings is 1. The molecule has 0 aliphatic carbocycles. The van der Waals surface area contributed by atoms with Gasteiger partial charge >= 0.3 is 6.18 Å². The summed E-state index contributed by atoms with van der Waals surface area (Å²) in [7, 11) is 0. The van der Waals surface area contributed by atoms with Crippen LogP contribution in [0.2, 0.25) is 0 Å². The van der Waals surface area contributed by atoms with Crippen molar-refractivity contribution in [3.8, 4) is 11.8 Å². The lowest BCUT2D eigenvalue weighted by Gasteiger charge is -2.13. The Morgan fingerprint density at radius 3 is 2.30 bits per heavy atom. The molecule has 0 aliphatic heterocycles. The van der Waals surface area contributed by atoms with Crippen molar-refractivity contribution >= 4 is 0 Å². The lowest BCUT2D eigenvalue weighted by Crippen LogP contribution is -2.15. The third-order valence-electron chi connectivity index (χ3n) is 2.83. The first kappa shape index (κ1) is 14.1. The van der Waals surface area contributed by atoms with Crippen LogP contribution in [0.5, 0.6) is 0 Å². The minimum atomic E-state index is -4.56. The first-order valence-electron chi connectivity index (χ1n) is 5.92. The number of nitrogens with zero attached hydrogens (tertiary/aromatic N) is 3. The van der Waals surface area contributed by atoms with E-state index in [1.807, 2.05) is 19.9 Å². The van der Waals surface area contributed by atoms with Crippen molar-refractivity contribution in [2.45, 2.75) is 26.4 Å². The highest BCUT2D eigenvalue weighted by Gasteiger charge is 2.38. The molecule has 2 aromatic rings. The number of rotatable bonds is 2. The third-order valence-corrected chi connectivity index (χ3v) is 2.83. The van der Waals surface area contributed by atoms with Crippen LogP contribution in [-0.4, -0.2) is 9.78 Å². The summed E-state index contributed by atoms with van der Waals surface area (Å²) < 4.78 is 40.4. The fourth-order valence-electron chi connectivity index (χ4n) is 2.17. The zero-order valence-corrected chi connectivity index (χ0v) is 11.0. The van der Waals surface area contributed by atoms with Gasteiger partial charge in [-0.15, -0.1) is 0 Å². The molecule has 0 saturated heterocycles. The SMILES string of the molecule is Cc1cc(C)cc(-n2ncc(CC#N)c2C(F)(F)F)c1. The van der Waals surface area contributed by atoms with Crippen molar-refractivity contribution < 1.29 is 13.2 Å². The zero-order chi connectivity index (χ0) is 14.9. The van der Waals surface area contributed by atoms with Gasteiger partial charge in [0, 0.05) is 5.56 Å². The molecule has 0 atom stereocenters. The number of nitriles is 1. The molecule has 0 fully saturated rings. The molecule has 2 rings (SSSR count). The Hall–Kier alpha value is -2.29. The summed E-state index contributed by atoms with van der Waals surface area (Å²) in [5, 5.41) is 12.4. The Bertz CT molecular complexity index is 658. The largest absolute Gasteiger partial charge is 0.433 e.